The minimum atomic E-state index is -0.546. The van der Waals surface area contributed by atoms with Gasteiger partial charge in [0.1, 0.15) is 5.82 Å². The molecular formula is C21H15FO2. The largest absolute Gasteiger partial charge is 0.289 e. The Morgan fingerprint density at radius 2 is 1.29 bits per heavy atom. The molecule has 0 aliphatic carbocycles. The Bertz CT molecular complexity index is 897. The number of hydrogen-bond acceptors (Lipinski definition) is 2. The van der Waals surface area contributed by atoms with Crippen LogP contribution in [-0.4, -0.2) is 11.6 Å². The minimum Gasteiger partial charge on any atom is -0.289 e. The molecule has 0 aliphatic rings. The van der Waals surface area contributed by atoms with Crippen LogP contribution in [0.4, 0.5) is 4.39 Å². The Labute approximate surface area is 139 Å². The first-order chi connectivity index (χ1) is 11.6. The molecule has 0 spiro atoms. The molecule has 0 radical (unpaired) electrons. The number of hydrogen-bond donors (Lipinski definition) is 0. The lowest BCUT2D eigenvalue weighted by atomic mass is 9.93. The van der Waals surface area contributed by atoms with Gasteiger partial charge in [0.05, 0.1) is 0 Å². The second kappa shape index (κ2) is 6.59. The van der Waals surface area contributed by atoms with Gasteiger partial charge in [-0.05, 0) is 25.1 Å². The van der Waals surface area contributed by atoms with Crippen molar-refractivity contribution in [2.24, 2.45) is 0 Å². The van der Waals surface area contributed by atoms with E-state index in [9.17, 15) is 14.0 Å². The zero-order chi connectivity index (χ0) is 17.1. The highest BCUT2D eigenvalue weighted by Crippen LogP contribution is 2.20. The van der Waals surface area contributed by atoms with Crippen molar-refractivity contribution < 1.29 is 14.0 Å². The van der Waals surface area contributed by atoms with Gasteiger partial charge in [-0.25, -0.2) is 4.39 Å². The third-order valence-corrected chi connectivity index (χ3v) is 3.82. The van der Waals surface area contributed by atoms with Crippen LogP contribution in [0.2, 0.25) is 0 Å². The van der Waals surface area contributed by atoms with Crippen LogP contribution in [0.1, 0.15) is 37.4 Å². The van der Waals surface area contributed by atoms with Gasteiger partial charge in [0.15, 0.2) is 11.6 Å². The number of carbonyl (C=O) groups is 2. The maximum absolute atomic E-state index is 13.7. The van der Waals surface area contributed by atoms with Crippen LogP contribution in [0.25, 0.3) is 0 Å². The number of ketones is 2. The summed E-state index contributed by atoms with van der Waals surface area (Å²) in [4.78, 5) is 25.4. The number of benzene rings is 3. The van der Waals surface area contributed by atoms with Crippen LogP contribution >= 0.6 is 0 Å². The Kier molecular flexibility index (Phi) is 4.34. The average Bonchev–Trinajstić information content (AvgIpc) is 2.62. The maximum Gasteiger partial charge on any atom is 0.193 e. The molecule has 3 rings (SSSR count). The van der Waals surface area contributed by atoms with Crippen molar-refractivity contribution in [3.63, 3.8) is 0 Å². The van der Waals surface area contributed by atoms with E-state index < -0.39 is 5.82 Å². The summed E-state index contributed by atoms with van der Waals surface area (Å²) < 4.78 is 13.7. The van der Waals surface area contributed by atoms with Gasteiger partial charge < -0.3 is 0 Å². The van der Waals surface area contributed by atoms with Gasteiger partial charge in [-0.2, -0.15) is 0 Å². The monoisotopic (exact) mass is 318 g/mol. The van der Waals surface area contributed by atoms with Crippen molar-refractivity contribution in [1.82, 2.24) is 0 Å². The van der Waals surface area contributed by atoms with Crippen LogP contribution in [0, 0.1) is 12.7 Å². The van der Waals surface area contributed by atoms with Gasteiger partial charge in [-0.1, -0.05) is 60.2 Å². The van der Waals surface area contributed by atoms with E-state index in [4.69, 9.17) is 0 Å². The molecule has 0 N–H and O–H groups in total. The number of rotatable bonds is 4. The van der Waals surface area contributed by atoms with Crippen molar-refractivity contribution >= 4 is 11.6 Å². The summed E-state index contributed by atoms with van der Waals surface area (Å²) in [5.74, 6) is -1.21. The molecule has 0 unspecified atom stereocenters. The van der Waals surface area contributed by atoms with Gasteiger partial charge in [0, 0.05) is 22.3 Å². The quantitative estimate of drug-likeness (QED) is 0.659. The van der Waals surface area contributed by atoms with Gasteiger partial charge >= 0.3 is 0 Å². The number of carbonyl (C=O) groups excluding carboxylic acids is 2. The molecule has 3 heteroatoms. The highest BCUT2D eigenvalue weighted by molar-refractivity contribution is 6.19. The molecule has 0 aromatic heterocycles. The average molecular weight is 318 g/mol. The fourth-order valence-electron chi connectivity index (χ4n) is 2.51. The summed E-state index contributed by atoms with van der Waals surface area (Å²) in [6, 6.07) is 19.3. The van der Waals surface area contributed by atoms with Gasteiger partial charge in [0.25, 0.3) is 0 Å². The smallest absolute Gasteiger partial charge is 0.193 e. The highest BCUT2D eigenvalue weighted by atomic mass is 19.1. The fourth-order valence-corrected chi connectivity index (χ4v) is 2.51. The first kappa shape index (κ1) is 15.8. The van der Waals surface area contributed by atoms with Crippen molar-refractivity contribution in [2.45, 2.75) is 6.92 Å². The molecule has 0 heterocycles. The summed E-state index contributed by atoms with van der Waals surface area (Å²) >= 11 is 0. The van der Waals surface area contributed by atoms with E-state index in [2.05, 4.69) is 0 Å². The molecule has 3 aromatic rings. The molecule has 118 valence electrons. The predicted octanol–water partition coefficient (Wildman–Crippen LogP) is 4.60. The van der Waals surface area contributed by atoms with E-state index in [-0.39, 0.29) is 22.7 Å². The lowest BCUT2D eigenvalue weighted by Crippen LogP contribution is -2.11. The molecule has 0 saturated carbocycles. The molecule has 2 nitrogen and oxygen atoms in total. The molecular weight excluding hydrogens is 303 g/mol. The van der Waals surface area contributed by atoms with E-state index in [0.717, 1.165) is 11.6 Å². The van der Waals surface area contributed by atoms with E-state index in [0.29, 0.717) is 11.1 Å². The zero-order valence-electron chi connectivity index (χ0n) is 13.1. The molecule has 0 saturated heterocycles. The molecule has 0 fully saturated rings. The summed E-state index contributed by atoms with van der Waals surface area (Å²) in [5, 5.41) is 0. The Balaban J connectivity index is 2.07. The maximum atomic E-state index is 13.7. The normalized spacial score (nSPS) is 10.4. The summed E-state index contributed by atoms with van der Waals surface area (Å²) in [6.45, 7) is 1.92. The molecule has 0 atom stereocenters. The second-order valence-corrected chi connectivity index (χ2v) is 5.58. The lowest BCUT2D eigenvalue weighted by molar-refractivity contribution is 0.100. The Hall–Kier alpha value is -3.07. The van der Waals surface area contributed by atoms with Crippen LogP contribution in [0.5, 0.6) is 0 Å². The van der Waals surface area contributed by atoms with Gasteiger partial charge in [-0.15, -0.1) is 0 Å². The standard InChI is InChI=1S/C21H15FO2/c1-14-7-9-16(10-8-14)21(24)19-13-17(22)11-12-18(19)20(23)15-5-3-2-4-6-15/h2-13H,1H3. The lowest BCUT2D eigenvalue weighted by Gasteiger charge is -2.09. The molecule has 0 aliphatic heterocycles. The van der Waals surface area contributed by atoms with E-state index in [1.807, 2.05) is 19.1 Å². The minimum absolute atomic E-state index is 0.0766. The molecule has 0 amide bonds. The van der Waals surface area contributed by atoms with Crippen molar-refractivity contribution in [1.29, 1.82) is 0 Å². The third-order valence-electron chi connectivity index (χ3n) is 3.82. The van der Waals surface area contributed by atoms with Crippen LogP contribution < -0.4 is 0 Å². The summed E-state index contributed by atoms with van der Waals surface area (Å²) in [7, 11) is 0. The van der Waals surface area contributed by atoms with Crippen molar-refractivity contribution in [3.05, 3.63) is 106 Å². The number of aryl methyl sites for hydroxylation is 1. The van der Waals surface area contributed by atoms with E-state index in [1.165, 1.54) is 12.1 Å². The van der Waals surface area contributed by atoms with Crippen molar-refractivity contribution in [2.75, 3.05) is 0 Å². The van der Waals surface area contributed by atoms with Crippen molar-refractivity contribution in [3.8, 4) is 0 Å². The zero-order valence-corrected chi connectivity index (χ0v) is 13.1. The van der Waals surface area contributed by atoms with E-state index >= 15 is 0 Å². The summed E-state index contributed by atoms with van der Waals surface area (Å²) in [6.07, 6.45) is 0. The number of halogens is 1. The van der Waals surface area contributed by atoms with Crippen LogP contribution in [-0.2, 0) is 0 Å². The first-order valence-corrected chi connectivity index (χ1v) is 7.57. The Morgan fingerprint density at radius 1 is 0.708 bits per heavy atom. The topological polar surface area (TPSA) is 34.1 Å². The molecule has 3 aromatic carbocycles. The first-order valence-electron chi connectivity index (χ1n) is 7.57. The SMILES string of the molecule is Cc1ccc(C(=O)c2cc(F)ccc2C(=O)c2ccccc2)cc1. The third kappa shape index (κ3) is 3.15. The van der Waals surface area contributed by atoms with Gasteiger partial charge in [0.2, 0.25) is 0 Å². The second-order valence-electron chi connectivity index (χ2n) is 5.58. The van der Waals surface area contributed by atoms with Gasteiger partial charge in [-0.3, -0.25) is 9.59 Å². The van der Waals surface area contributed by atoms with E-state index in [1.54, 1.807) is 42.5 Å². The fraction of sp³-hybridized carbons (Fsp3) is 0.0476. The van der Waals surface area contributed by atoms with Crippen LogP contribution in [0.15, 0.2) is 72.8 Å². The Morgan fingerprint density at radius 3 is 1.96 bits per heavy atom. The highest BCUT2D eigenvalue weighted by Gasteiger charge is 2.20. The summed E-state index contributed by atoms with van der Waals surface area (Å²) in [5.41, 5.74) is 2.18. The predicted molar refractivity (Wildman–Crippen MR) is 90.9 cm³/mol. The molecule has 0 bridgehead atoms. The molecule has 24 heavy (non-hydrogen) atoms. The van der Waals surface area contributed by atoms with Crippen LogP contribution in [0.3, 0.4) is 0 Å².